The van der Waals surface area contributed by atoms with Crippen LogP contribution in [0.15, 0.2) is 18.2 Å². The van der Waals surface area contributed by atoms with Crippen molar-refractivity contribution in [2.45, 2.75) is 0 Å². The van der Waals surface area contributed by atoms with Gasteiger partial charge < -0.3 is 9.64 Å². The molecular formula is C14H16N4O4. The number of methoxy groups -OCH3 is 1. The van der Waals surface area contributed by atoms with Crippen LogP contribution in [0.25, 0.3) is 0 Å². The average Bonchev–Trinajstić information content (AvgIpc) is 2.54. The summed E-state index contributed by atoms with van der Waals surface area (Å²) in [5.41, 5.74) is 0.819. The van der Waals surface area contributed by atoms with Gasteiger partial charge in [0.15, 0.2) is 0 Å². The van der Waals surface area contributed by atoms with Crippen LogP contribution >= 0.6 is 0 Å². The highest BCUT2D eigenvalue weighted by atomic mass is 16.6. The fraction of sp³-hybridized carbons (Fsp3) is 0.429. The number of anilines is 1. The number of nitro groups is 1. The summed E-state index contributed by atoms with van der Waals surface area (Å²) in [6, 6.07) is 6.33. The number of rotatable bonds is 4. The number of carbonyl (C=O) groups excluding carboxylic acids is 1. The molecule has 1 heterocycles. The van der Waals surface area contributed by atoms with Crippen molar-refractivity contribution in [3.8, 4) is 6.07 Å². The van der Waals surface area contributed by atoms with Crippen LogP contribution < -0.4 is 4.90 Å². The van der Waals surface area contributed by atoms with Crippen LogP contribution in [0.1, 0.15) is 5.56 Å². The zero-order valence-electron chi connectivity index (χ0n) is 12.2. The van der Waals surface area contributed by atoms with Gasteiger partial charge in [0.05, 0.1) is 30.2 Å². The maximum absolute atomic E-state index is 11.3. The number of hydrogen-bond acceptors (Lipinski definition) is 7. The van der Waals surface area contributed by atoms with Crippen molar-refractivity contribution in [3.05, 3.63) is 33.9 Å². The second kappa shape index (κ2) is 6.87. The molecule has 0 spiro atoms. The lowest BCUT2D eigenvalue weighted by Crippen LogP contribution is -2.48. The van der Waals surface area contributed by atoms with E-state index in [1.54, 1.807) is 0 Å². The van der Waals surface area contributed by atoms with Crippen LogP contribution in [-0.2, 0) is 9.53 Å². The van der Waals surface area contributed by atoms with Gasteiger partial charge in [-0.05, 0) is 12.1 Å². The lowest BCUT2D eigenvalue weighted by molar-refractivity contribution is -0.384. The number of nitrogens with zero attached hydrogens (tertiary/aromatic N) is 4. The van der Waals surface area contributed by atoms with E-state index in [0.717, 1.165) is 0 Å². The molecule has 1 aliphatic rings. The molecule has 116 valence electrons. The molecule has 8 heteroatoms. The first-order valence-electron chi connectivity index (χ1n) is 6.78. The van der Waals surface area contributed by atoms with Gasteiger partial charge in [-0.1, -0.05) is 0 Å². The Kier molecular flexibility index (Phi) is 4.91. The van der Waals surface area contributed by atoms with Crippen LogP contribution in [0.5, 0.6) is 0 Å². The number of nitriles is 1. The van der Waals surface area contributed by atoms with Crippen LogP contribution in [0.3, 0.4) is 0 Å². The highest BCUT2D eigenvalue weighted by Crippen LogP contribution is 2.29. The van der Waals surface area contributed by atoms with Gasteiger partial charge in [0.2, 0.25) is 0 Å². The fourth-order valence-electron chi connectivity index (χ4n) is 2.39. The van der Waals surface area contributed by atoms with Gasteiger partial charge in [0, 0.05) is 32.2 Å². The Hall–Kier alpha value is -2.66. The van der Waals surface area contributed by atoms with Crippen molar-refractivity contribution in [2.75, 3.05) is 44.7 Å². The molecule has 0 amide bonds. The zero-order chi connectivity index (χ0) is 16.1. The number of piperazine rings is 1. The largest absolute Gasteiger partial charge is 0.468 e. The molecule has 22 heavy (non-hydrogen) atoms. The number of hydrogen-bond donors (Lipinski definition) is 0. The van der Waals surface area contributed by atoms with E-state index in [1.165, 1.54) is 25.3 Å². The van der Waals surface area contributed by atoms with Crippen LogP contribution in [0.4, 0.5) is 11.4 Å². The third-order valence-electron chi connectivity index (χ3n) is 3.59. The van der Waals surface area contributed by atoms with Gasteiger partial charge in [0.25, 0.3) is 5.69 Å². The van der Waals surface area contributed by atoms with E-state index in [0.29, 0.717) is 37.4 Å². The summed E-state index contributed by atoms with van der Waals surface area (Å²) in [6.45, 7) is 2.51. The molecule has 0 bridgehead atoms. The predicted molar refractivity (Wildman–Crippen MR) is 78.5 cm³/mol. The van der Waals surface area contributed by atoms with Crippen molar-refractivity contribution in [2.24, 2.45) is 0 Å². The summed E-state index contributed by atoms with van der Waals surface area (Å²) >= 11 is 0. The Bertz CT molecular complexity index is 618. The maximum atomic E-state index is 11.3. The van der Waals surface area contributed by atoms with Crippen molar-refractivity contribution in [1.82, 2.24) is 4.90 Å². The lowest BCUT2D eigenvalue weighted by Gasteiger charge is -2.35. The van der Waals surface area contributed by atoms with E-state index in [2.05, 4.69) is 4.74 Å². The minimum atomic E-state index is -0.447. The summed E-state index contributed by atoms with van der Waals surface area (Å²) in [5.74, 6) is -0.300. The summed E-state index contributed by atoms with van der Waals surface area (Å²) in [5, 5.41) is 20.1. The van der Waals surface area contributed by atoms with Gasteiger partial charge in [-0.2, -0.15) is 5.26 Å². The molecule has 1 aromatic rings. The Morgan fingerprint density at radius 2 is 2.09 bits per heavy atom. The van der Waals surface area contributed by atoms with Gasteiger partial charge in [-0.3, -0.25) is 19.8 Å². The Morgan fingerprint density at radius 1 is 1.41 bits per heavy atom. The number of esters is 1. The average molecular weight is 304 g/mol. The smallest absolute Gasteiger partial charge is 0.319 e. The molecule has 2 rings (SSSR count). The molecule has 1 fully saturated rings. The molecule has 8 nitrogen and oxygen atoms in total. The van der Waals surface area contributed by atoms with Gasteiger partial charge >= 0.3 is 5.97 Å². The van der Waals surface area contributed by atoms with E-state index >= 15 is 0 Å². The topological polar surface area (TPSA) is 99.7 Å². The Balaban J connectivity index is 2.12. The van der Waals surface area contributed by atoms with Crippen LogP contribution in [0, 0.1) is 21.4 Å². The monoisotopic (exact) mass is 304 g/mol. The molecule has 0 saturated carbocycles. The first-order valence-corrected chi connectivity index (χ1v) is 6.78. The van der Waals surface area contributed by atoms with Crippen molar-refractivity contribution in [3.63, 3.8) is 0 Å². The third-order valence-corrected chi connectivity index (χ3v) is 3.59. The molecular weight excluding hydrogens is 288 g/mol. The molecule has 0 aromatic heterocycles. The maximum Gasteiger partial charge on any atom is 0.319 e. The molecule has 0 unspecified atom stereocenters. The molecule has 0 radical (unpaired) electrons. The summed E-state index contributed by atoms with van der Waals surface area (Å²) in [6.07, 6.45) is 0. The number of benzene rings is 1. The van der Waals surface area contributed by atoms with E-state index in [1.807, 2.05) is 15.9 Å². The van der Waals surface area contributed by atoms with E-state index < -0.39 is 4.92 Å². The van der Waals surface area contributed by atoms with E-state index in [-0.39, 0.29) is 18.2 Å². The summed E-state index contributed by atoms with van der Waals surface area (Å²) in [7, 11) is 1.34. The third kappa shape index (κ3) is 3.51. The second-order valence-corrected chi connectivity index (χ2v) is 4.91. The van der Waals surface area contributed by atoms with Gasteiger partial charge in [-0.15, -0.1) is 0 Å². The van der Waals surface area contributed by atoms with E-state index in [9.17, 15) is 14.9 Å². The molecule has 1 saturated heterocycles. The normalized spacial score (nSPS) is 15.2. The minimum Gasteiger partial charge on any atom is -0.468 e. The lowest BCUT2D eigenvalue weighted by atomic mass is 10.1. The number of ether oxygens (including phenoxy) is 1. The van der Waals surface area contributed by atoms with Crippen molar-refractivity contribution in [1.29, 1.82) is 5.26 Å². The first-order chi connectivity index (χ1) is 10.5. The summed E-state index contributed by atoms with van der Waals surface area (Å²) in [4.78, 5) is 25.7. The highest BCUT2D eigenvalue weighted by Gasteiger charge is 2.25. The van der Waals surface area contributed by atoms with Gasteiger partial charge in [-0.25, -0.2) is 0 Å². The zero-order valence-corrected chi connectivity index (χ0v) is 12.2. The predicted octanol–water partition coefficient (Wildman–Crippen LogP) is 0.761. The Morgan fingerprint density at radius 3 is 2.64 bits per heavy atom. The minimum absolute atomic E-state index is 0.0135. The molecule has 1 aliphatic heterocycles. The summed E-state index contributed by atoms with van der Waals surface area (Å²) < 4.78 is 4.63. The quantitative estimate of drug-likeness (QED) is 0.460. The van der Waals surface area contributed by atoms with Crippen molar-refractivity contribution < 1.29 is 14.5 Å². The van der Waals surface area contributed by atoms with Gasteiger partial charge in [0.1, 0.15) is 5.69 Å². The SMILES string of the molecule is COC(=O)CN1CCN(c2cc(C#N)ccc2[N+](=O)[O-])CC1. The molecule has 0 atom stereocenters. The molecule has 1 aromatic carbocycles. The number of carbonyl (C=O) groups is 1. The second-order valence-electron chi connectivity index (χ2n) is 4.91. The van der Waals surface area contributed by atoms with Crippen LogP contribution in [0.2, 0.25) is 0 Å². The standard InChI is InChI=1S/C14H16N4O4/c1-22-14(19)10-16-4-6-17(7-5-16)13-8-11(9-15)2-3-12(13)18(20)21/h2-3,8H,4-7,10H2,1H3. The highest BCUT2D eigenvalue weighted by molar-refractivity contribution is 5.71. The molecule has 0 N–H and O–H groups in total. The first kappa shape index (κ1) is 15.7. The number of nitro benzene ring substituents is 1. The van der Waals surface area contributed by atoms with E-state index in [4.69, 9.17) is 5.26 Å². The Labute approximate surface area is 127 Å². The van der Waals surface area contributed by atoms with Crippen LogP contribution in [-0.4, -0.2) is 55.6 Å². The molecule has 0 aliphatic carbocycles. The van der Waals surface area contributed by atoms with Crippen molar-refractivity contribution >= 4 is 17.3 Å². The fourth-order valence-corrected chi connectivity index (χ4v) is 2.39.